The molecule has 6 heteroatoms. The molecule has 3 aromatic carbocycles. The lowest BCUT2D eigenvalue weighted by molar-refractivity contribution is -0.114. The van der Waals surface area contributed by atoms with Gasteiger partial charge in [-0.15, -0.1) is 0 Å². The molecule has 0 spiro atoms. The monoisotopic (exact) mass is 430 g/mol. The molecule has 0 atom stereocenters. The second kappa shape index (κ2) is 10.8. The topological polar surface area (TPSA) is 76.7 Å². The molecule has 2 N–H and O–H groups in total. The summed E-state index contributed by atoms with van der Waals surface area (Å²) in [7, 11) is 3.23. The summed E-state index contributed by atoms with van der Waals surface area (Å²) in [5.74, 6) is 1.12. The Balaban J connectivity index is 1.62. The van der Waals surface area contributed by atoms with E-state index in [9.17, 15) is 9.59 Å². The van der Waals surface area contributed by atoms with Crippen LogP contribution < -0.4 is 20.1 Å². The maximum absolute atomic E-state index is 12.4. The minimum absolute atomic E-state index is 0.108. The number of ketones is 1. The highest BCUT2D eigenvalue weighted by Crippen LogP contribution is 2.28. The van der Waals surface area contributed by atoms with Crippen LogP contribution in [0.15, 0.2) is 72.8 Å². The zero-order chi connectivity index (χ0) is 22.9. The first kappa shape index (κ1) is 22.6. The summed E-state index contributed by atoms with van der Waals surface area (Å²) < 4.78 is 10.6. The molecular formula is C26H26N2O4. The van der Waals surface area contributed by atoms with Crippen LogP contribution in [0.1, 0.15) is 28.4 Å². The summed E-state index contributed by atoms with van der Waals surface area (Å²) in [5.41, 5.74) is 4.12. The van der Waals surface area contributed by atoms with Crippen LogP contribution in [-0.4, -0.2) is 25.9 Å². The minimum atomic E-state index is -0.149. The van der Waals surface area contributed by atoms with Crippen LogP contribution in [0.5, 0.6) is 11.5 Å². The van der Waals surface area contributed by atoms with Crippen molar-refractivity contribution in [3.8, 4) is 11.5 Å². The van der Waals surface area contributed by atoms with Gasteiger partial charge in [0.25, 0.3) is 0 Å². The number of carbonyl (C=O) groups is 2. The van der Waals surface area contributed by atoms with Gasteiger partial charge in [0.2, 0.25) is 5.91 Å². The van der Waals surface area contributed by atoms with Crippen LogP contribution >= 0.6 is 0 Å². The summed E-state index contributed by atoms with van der Waals surface area (Å²) in [6.07, 6.45) is 3.33. The number of anilines is 2. The van der Waals surface area contributed by atoms with E-state index in [1.54, 1.807) is 50.6 Å². The fourth-order valence-corrected chi connectivity index (χ4v) is 3.14. The van der Waals surface area contributed by atoms with Crippen molar-refractivity contribution < 1.29 is 19.1 Å². The van der Waals surface area contributed by atoms with Gasteiger partial charge < -0.3 is 20.1 Å². The number of hydrogen-bond acceptors (Lipinski definition) is 5. The van der Waals surface area contributed by atoms with E-state index in [0.29, 0.717) is 29.3 Å². The Morgan fingerprint density at radius 2 is 1.62 bits per heavy atom. The van der Waals surface area contributed by atoms with E-state index < -0.39 is 0 Å². The summed E-state index contributed by atoms with van der Waals surface area (Å²) in [5, 5.41) is 6.06. The van der Waals surface area contributed by atoms with Crippen molar-refractivity contribution in [1.82, 2.24) is 0 Å². The Hall–Kier alpha value is -4.06. The van der Waals surface area contributed by atoms with E-state index >= 15 is 0 Å². The fourth-order valence-electron chi connectivity index (χ4n) is 3.14. The van der Waals surface area contributed by atoms with Crippen LogP contribution in [-0.2, 0) is 11.3 Å². The first-order valence-corrected chi connectivity index (χ1v) is 10.1. The van der Waals surface area contributed by atoms with Crippen LogP contribution in [0.4, 0.5) is 11.4 Å². The third-order valence-electron chi connectivity index (χ3n) is 4.75. The molecule has 164 valence electrons. The normalized spacial score (nSPS) is 10.6. The smallest absolute Gasteiger partial charge is 0.221 e. The van der Waals surface area contributed by atoms with Gasteiger partial charge in [0, 0.05) is 30.4 Å². The molecule has 3 rings (SSSR count). The van der Waals surface area contributed by atoms with Gasteiger partial charge in [-0.2, -0.15) is 0 Å². The Morgan fingerprint density at radius 3 is 2.31 bits per heavy atom. The third kappa shape index (κ3) is 6.22. The van der Waals surface area contributed by atoms with Crippen LogP contribution in [0, 0.1) is 0 Å². The van der Waals surface area contributed by atoms with E-state index in [2.05, 4.69) is 10.6 Å². The molecule has 0 aromatic heterocycles. The molecule has 0 aliphatic heterocycles. The molecule has 0 fully saturated rings. The van der Waals surface area contributed by atoms with Gasteiger partial charge >= 0.3 is 0 Å². The maximum Gasteiger partial charge on any atom is 0.221 e. The van der Waals surface area contributed by atoms with Gasteiger partial charge in [-0.1, -0.05) is 24.3 Å². The largest absolute Gasteiger partial charge is 0.493 e. The van der Waals surface area contributed by atoms with Crippen molar-refractivity contribution in [2.45, 2.75) is 13.5 Å². The SMILES string of the molecule is COc1ccc(CNc2cccc(/C=C/C(=O)c3ccc(NC(C)=O)cc3)c2)cc1OC. The standard InChI is InChI=1S/C26H26N2O4/c1-18(29)28-22-11-9-21(10-12-22)24(30)13-7-19-5-4-6-23(15-19)27-17-20-8-14-25(31-2)26(16-20)32-3/h4-16,27H,17H2,1-3H3,(H,28,29)/b13-7+. The summed E-state index contributed by atoms with van der Waals surface area (Å²) in [6, 6.07) is 20.4. The van der Waals surface area contributed by atoms with Crippen molar-refractivity contribution in [3.63, 3.8) is 0 Å². The number of carbonyl (C=O) groups excluding carboxylic acids is 2. The number of nitrogens with one attached hydrogen (secondary N) is 2. The molecule has 6 nitrogen and oxygen atoms in total. The molecule has 0 saturated heterocycles. The number of benzene rings is 3. The molecule has 0 aliphatic carbocycles. The molecule has 0 unspecified atom stereocenters. The van der Waals surface area contributed by atoms with Gasteiger partial charge in [0.15, 0.2) is 17.3 Å². The lowest BCUT2D eigenvalue weighted by atomic mass is 10.1. The fraction of sp³-hybridized carbons (Fsp3) is 0.154. The van der Waals surface area contributed by atoms with Gasteiger partial charge in [-0.25, -0.2) is 0 Å². The van der Waals surface area contributed by atoms with E-state index in [-0.39, 0.29) is 11.7 Å². The molecule has 0 aliphatic rings. The zero-order valence-electron chi connectivity index (χ0n) is 18.3. The van der Waals surface area contributed by atoms with Crippen molar-refractivity contribution in [1.29, 1.82) is 0 Å². The van der Waals surface area contributed by atoms with E-state index in [1.165, 1.54) is 6.92 Å². The molecule has 3 aromatic rings. The number of ether oxygens (including phenoxy) is 2. The Labute approximate surface area is 187 Å². The average molecular weight is 431 g/mol. The molecule has 32 heavy (non-hydrogen) atoms. The van der Waals surface area contributed by atoms with E-state index in [4.69, 9.17) is 9.47 Å². The number of allylic oxidation sites excluding steroid dienone is 1. The predicted molar refractivity (Wildman–Crippen MR) is 127 cm³/mol. The van der Waals surface area contributed by atoms with Gasteiger partial charge in [0.05, 0.1) is 14.2 Å². The quantitative estimate of drug-likeness (QED) is 0.362. The summed E-state index contributed by atoms with van der Waals surface area (Å²) in [4.78, 5) is 23.5. The van der Waals surface area contributed by atoms with Crippen LogP contribution in [0.3, 0.4) is 0 Å². The molecule has 0 heterocycles. The molecule has 1 amide bonds. The number of rotatable bonds is 9. The zero-order valence-corrected chi connectivity index (χ0v) is 18.3. The first-order valence-electron chi connectivity index (χ1n) is 10.1. The van der Waals surface area contributed by atoms with Crippen LogP contribution in [0.25, 0.3) is 6.08 Å². The summed E-state index contributed by atoms with van der Waals surface area (Å²) >= 11 is 0. The molecule has 0 saturated carbocycles. The number of amides is 1. The van der Waals surface area contributed by atoms with Gasteiger partial charge in [0.1, 0.15) is 0 Å². The number of hydrogen-bond donors (Lipinski definition) is 2. The molecule has 0 radical (unpaired) electrons. The predicted octanol–water partition coefficient (Wildman–Crippen LogP) is 5.17. The highest BCUT2D eigenvalue weighted by atomic mass is 16.5. The van der Waals surface area contributed by atoms with Crippen molar-refractivity contribution in [2.24, 2.45) is 0 Å². The van der Waals surface area contributed by atoms with Crippen molar-refractivity contribution in [3.05, 3.63) is 89.5 Å². The van der Waals surface area contributed by atoms with Crippen molar-refractivity contribution in [2.75, 3.05) is 24.9 Å². The lowest BCUT2D eigenvalue weighted by Crippen LogP contribution is -2.05. The molecule has 0 bridgehead atoms. The van der Waals surface area contributed by atoms with Gasteiger partial charge in [-0.3, -0.25) is 9.59 Å². The summed E-state index contributed by atoms with van der Waals surface area (Å²) in [6.45, 7) is 2.06. The van der Waals surface area contributed by atoms with Crippen molar-refractivity contribution >= 4 is 29.1 Å². The highest BCUT2D eigenvalue weighted by molar-refractivity contribution is 6.07. The Morgan fingerprint density at radius 1 is 0.875 bits per heavy atom. The second-order valence-corrected chi connectivity index (χ2v) is 7.12. The lowest BCUT2D eigenvalue weighted by Gasteiger charge is -2.11. The second-order valence-electron chi connectivity index (χ2n) is 7.12. The average Bonchev–Trinajstić information content (AvgIpc) is 2.81. The Bertz CT molecular complexity index is 1120. The van der Waals surface area contributed by atoms with Gasteiger partial charge in [-0.05, 0) is 65.7 Å². The minimum Gasteiger partial charge on any atom is -0.493 e. The highest BCUT2D eigenvalue weighted by Gasteiger charge is 2.05. The molecular weight excluding hydrogens is 404 g/mol. The van der Waals surface area contributed by atoms with E-state index in [0.717, 1.165) is 16.8 Å². The Kier molecular flexibility index (Phi) is 7.65. The third-order valence-corrected chi connectivity index (χ3v) is 4.75. The maximum atomic E-state index is 12.4. The number of methoxy groups -OCH3 is 2. The van der Waals surface area contributed by atoms with E-state index in [1.807, 2.05) is 42.5 Å². The first-order chi connectivity index (χ1) is 15.5. The van der Waals surface area contributed by atoms with Crippen LogP contribution in [0.2, 0.25) is 0 Å².